The van der Waals surface area contributed by atoms with Crippen LogP contribution in [0.25, 0.3) is 0 Å². The minimum atomic E-state index is 0.632. The Morgan fingerprint density at radius 2 is 1.76 bits per heavy atom. The molecule has 0 aromatic heterocycles. The molecule has 0 saturated heterocycles. The number of para-hydroxylation sites is 1. The monoisotopic (exact) mass is 283 g/mol. The fourth-order valence-electron chi connectivity index (χ4n) is 2.61. The Balaban J connectivity index is 1.55. The highest BCUT2D eigenvalue weighted by molar-refractivity contribution is 5.47. The van der Waals surface area contributed by atoms with Crippen molar-refractivity contribution in [1.82, 2.24) is 5.32 Å². The van der Waals surface area contributed by atoms with Crippen molar-refractivity contribution in [2.75, 3.05) is 19.8 Å². The Kier molecular flexibility index (Phi) is 4.41. The van der Waals surface area contributed by atoms with Gasteiger partial charge in [0.05, 0.1) is 0 Å². The lowest BCUT2D eigenvalue weighted by Crippen LogP contribution is -2.20. The standard InChI is InChI=1S/C18H21NO2/c1-14-5-2-3-6-15(14)9-10-19-13-16-7-4-8-17-18(16)21-12-11-20-17/h2-8,19H,9-13H2,1H3. The maximum Gasteiger partial charge on any atom is 0.165 e. The van der Waals surface area contributed by atoms with Crippen LogP contribution in [0.2, 0.25) is 0 Å². The summed E-state index contributed by atoms with van der Waals surface area (Å²) in [6.07, 6.45) is 1.04. The van der Waals surface area contributed by atoms with Crippen molar-refractivity contribution in [3.05, 3.63) is 59.2 Å². The number of hydrogen-bond acceptors (Lipinski definition) is 3. The molecule has 0 spiro atoms. The van der Waals surface area contributed by atoms with E-state index >= 15 is 0 Å². The van der Waals surface area contributed by atoms with E-state index in [0.717, 1.165) is 36.6 Å². The number of hydrogen-bond donors (Lipinski definition) is 1. The second kappa shape index (κ2) is 6.64. The van der Waals surface area contributed by atoms with Crippen LogP contribution in [0.1, 0.15) is 16.7 Å². The number of aryl methyl sites for hydroxylation is 1. The maximum absolute atomic E-state index is 5.72. The summed E-state index contributed by atoms with van der Waals surface area (Å²) in [5.74, 6) is 1.76. The molecule has 0 fully saturated rings. The summed E-state index contributed by atoms with van der Waals surface area (Å²) in [6, 6.07) is 14.6. The van der Waals surface area contributed by atoms with Crippen molar-refractivity contribution >= 4 is 0 Å². The van der Waals surface area contributed by atoms with Crippen molar-refractivity contribution < 1.29 is 9.47 Å². The number of benzene rings is 2. The molecule has 0 saturated carbocycles. The van der Waals surface area contributed by atoms with Crippen molar-refractivity contribution in [3.8, 4) is 11.5 Å². The highest BCUT2D eigenvalue weighted by Crippen LogP contribution is 2.33. The Morgan fingerprint density at radius 1 is 0.952 bits per heavy atom. The van der Waals surface area contributed by atoms with E-state index in [1.807, 2.05) is 12.1 Å². The number of nitrogens with one attached hydrogen (secondary N) is 1. The first kappa shape index (κ1) is 14.0. The molecule has 0 aliphatic carbocycles. The molecule has 110 valence electrons. The van der Waals surface area contributed by atoms with Gasteiger partial charge in [-0.15, -0.1) is 0 Å². The molecule has 1 heterocycles. The lowest BCUT2D eigenvalue weighted by Gasteiger charge is -2.21. The predicted molar refractivity (Wildman–Crippen MR) is 84.0 cm³/mol. The maximum atomic E-state index is 5.72. The molecule has 1 aliphatic rings. The molecule has 3 rings (SSSR count). The minimum Gasteiger partial charge on any atom is -0.486 e. The molecule has 0 atom stereocenters. The van der Waals surface area contributed by atoms with Crippen molar-refractivity contribution in [2.24, 2.45) is 0 Å². The average Bonchev–Trinajstić information content (AvgIpc) is 2.53. The number of rotatable bonds is 5. The van der Waals surface area contributed by atoms with Crippen LogP contribution in [-0.4, -0.2) is 19.8 Å². The molecule has 21 heavy (non-hydrogen) atoms. The van der Waals surface area contributed by atoms with Crippen LogP contribution >= 0.6 is 0 Å². The van der Waals surface area contributed by atoms with Gasteiger partial charge in [-0.1, -0.05) is 36.4 Å². The molecule has 0 bridgehead atoms. The second-order valence-electron chi connectivity index (χ2n) is 5.29. The van der Waals surface area contributed by atoms with Crippen LogP contribution in [0.5, 0.6) is 11.5 Å². The largest absolute Gasteiger partial charge is 0.486 e. The molecule has 0 radical (unpaired) electrons. The van der Waals surface area contributed by atoms with Gasteiger partial charge in [-0.05, 0) is 37.1 Å². The summed E-state index contributed by atoms with van der Waals surface area (Å²) >= 11 is 0. The smallest absolute Gasteiger partial charge is 0.165 e. The second-order valence-corrected chi connectivity index (χ2v) is 5.29. The molecule has 3 nitrogen and oxygen atoms in total. The van der Waals surface area contributed by atoms with E-state index in [1.54, 1.807) is 0 Å². The Hall–Kier alpha value is -2.00. The zero-order valence-corrected chi connectivity index (χ0v) is 12.4. The lowest BCUT2D eigenvalue weighted by molar-refractivity contribution is 0.169. The average molecular weight is 283 g/mol. The molecule has 0 unspecified atom stereocenters. The lowest BCUT2D eigenvalue weighted by atomic mass is 10.1. The van der Waals surface area contributed by atoms with Crippen LogP contribution < -0.4 is 14.8 Å². The van der Waals surface area contributed by atoms with Gasteiger partial charge >= 0.3 is 0 Å². The van der Waals surface area contributed by atoms with Gasteiger partial charge in [0.25, 0.3) is 0 Å². The number of ether oxygens (including phenoxy) is 2. The van der Waals surface area contributed by atoms with Gasteiger partial charge in [0.1, 0.15) is 13.2 Å². The Morgan fingerprint density at radius 3 is 2.67 bits per heavy atom. The molecule has 2 aromatic rings. The molecular weight excluding hydrogens is 262 g/mol. The topological polar surface area (TPSA) is 30.5 Å². The molecule has 3 heteroatoms. The summed E-state index contributed by atoms with van der Waals surface area (Å²) < 4.78 is 11.3. The number of fused-ring (bicyclic) bond motifs is 1. The third kappa shape index (κ3) is 3.37. The quantitative estimate of drug-likeness (QED) is 0.855. The first-order valence-electron chi connectivity index (χ1n) is 7.47. The van der Waals surface area contributed by atoms with Crippen LogP contribution in [0, 0.1) is 6.92 Å². The van der Waals surface area contributed by atoms with Crippen LogP contribution in [0.4, 0.5) is 0 Å². The molecule has 2 aromatic carbocycles. The van der Waals surface area contributed by atoms with E-state index in [2.05, 4.69) is 42.6 Å². The fourth-order valence-corrected chi connectivity index (χ4v) is 2.61. The summed E-state index contributed by atoms with van der Waals surface area (Å²) in [4.78, 5) is 0. The van der Waals surface area contributed by atoms with E-state index in [-0.39, 0.29) is 0 Å². The minimum absolute atomic E-state index is 0.632. The van der Waals surface area contributed by atoms with E-state index in [0.29, 0.717) is 13.2 Å². The van der Waals surface area contributed by atoms with Gasteiger partial charge in [-0.2, -0.15) is 0 Å². The third-order valence-corrected chi connectivity index (χ3v) is 3.80. The van der Waals surface area contributed by atoms with Crippen molar-refractivity contribution in [2.45, 2.75) is 19.9 Å². The van der Waals surface area contributed by atoms with Crippen molar-refractivity contribution in [1.29, 1.82) is 0 Å². The van der Waals surface area contributed by atoms with Crippen molar-refractivity contribution in [3.63, 3.8) is 0 Å². The van der Waals surface area contributed by atoms with Gasteiger partial charge in [0.2, 0.25) is 0 Å². The third-order valence-electron chi connectivity index (χ3n) is 3.80. The SMILES string of the molecule is Cc1ccccc1CCNCc1cccc2c1OCCO2. The van der Waals surface area contributed by atoms with E-state index in [1.165, 1.54) is 11.1 Å². The summed E-state index contributed by atoms with van der Waals surface area (Å²) in [6.45, 7) is 5.19. The van der Waals surface area contributed by atoms with Gasteiger partial charge in [-0.3, -0.25) is 0 Å². The highest BCUT2D eigenvalue weighted by Gasteiger charge is 2.14. The van der Waals surface area contributed by atoms with Gasteiger partial charge < -0.3 is 14.8 Å². The molecule has 1 aliphatic heterocycles. The van der Waals surface area contributed by atoms with Gasteiger partial charge in [-0.25, -0.2) is 0 Å². The van der Waals surface area contributed by atoms with E-state index in [9.17, 15) is 0 Å². The van der Waals surface area contributed by atoms with Crippen LogP contribution in [0.15, 0.2) is 42.5 Å². The Labute approximate surface area is 125 Å². The van der Waals surface area contributed by atoms with E-state index in [4.69, 9.17) is 9.47 Å². The first-order chi connectivity index (χ1) is 10.3. The zero-order chi connectivity index (χ0) is 14.5. The normalized spacial score (nSPS) is 13.2. The Bertz CT molecular complexity index is 610. The highest BCUT2D eigenvalue weighted by atomic mass is 16.6. The van der Waals surface area contributed by atoms with Gasteiger partial charge in [0.15, 0.2) is 11.5 Å². The summed E-state index contributed by atoms with van der Waals surface area (Å²) in [5.41, 5.74) is 3.92. The first-order valence-corrected chi connectivity index (χ1v) is 7.47. The molecular formula is C18H21NO2. The zero-order valence-electron chi connectivity index (χ0n) is 12.4. The fraction of sp³-hybridized carbons (Fsp3) is 0.333. The molecule has 1 N–H and O–H groups in total. The summed E-state index contributed by atoms with van der Waals surface area (Å²) in [7, 11) is 0. The van der Waals surface area contributed by atoms with E-state index < -0.39 is 0 Å². The summed E-state index contributed by atoms with van der Waals surface area (Å²) in [5, 5.41) is 3.49. The molecule has 0 amide bonds. The van der Waals surface area contributed by atoms with Crippen LogP contribution in [-0.2, 0) is 13.0 Å². The predicted octanol–water partition coefficient (Wildman–Crippen LogP) is 3.10. The van der Waals surface area contributed by atoms with Crippen LogP contribution in [0.3, 0.4) is 0 Å². The van der Waals surface area contributed by atoms with Gasteiger partial charge in [0, 0.05) is 12.1 Å².